The van der Waals surface area contributed by atoms with E-state index in [0.717, 1.165) is 17.2 Å². The fraction of sp³-hybridized carbons (Fsp3) is 0.182. The van der Waals surface area contributed by atoms with E-state index in [0.29, 0.717) is 5.56 Å². The van der Waals surface area contributed by atoms with Gasteiger partial charge >= 0.3 is 5.97 Å². The molecule has 0 fully saturated rings. The van der Waals surface area contributed by atoms with Crippen molar-refractivity contribution in [3.63, 3.8) is 0 Å². The molecule has 16 heavy (non-hydrogen) atoms. The summed E-state index contributed by atoms with van der Waals surface area (Å²) in [5, 5.41) is 19.2. The van der Waals surface area contributed by atoms with Crippen molar-refractivity contribution in [3.8, 4) is 0 Å². The van der Waals surface area contributed by atoms with Crippen molar-refractivity contribution in [2.45, 2.75) is 13.8 Å². The fourth-order valence-electron chi connectivity index (χ4n) is 1.28. The topological polar surface area (TPSA) is 80.4 Å². The van der Waals surface area contributed by atoms with E-state index in [-0.39, 0.29) is 5.69 Å². The summed E-state index contributed by atoms with van der Waals surface area (Å²) in [4.78, 5) is 20.6. The molecule has 0 bridgehead atoms. The molecule has 0 amide bonds. The van der Waals surface area contributed by atoms with Gasteiger partial charge in [0.1, 0.15) is 0 Å². The van der Waals surface area contributed by atoms with Gasteiger partial charge in [0.15, 0.2) is 0 Å². The Morgan fingerprint density at radius 2 is 1.94 bits per heavy atom. The molecule has 1 aromatic rings. The highest BCUT2D eigenvalue weighted by Gasteiger charge is 2.13. The van der Waals surface area contributed by atoms with Gasteiger partial charge < -0.3 is 5.11 Å². The average Bonchev–Trinajstić information content (AvgIpc) is 2.18. The van der Waals surface area contributed by atoms with Gasteiger partial charge in [-0.25, -0.2) is 4.79 Å². The normalized spacial score (nSPS) is 10.6. The van der Waals surface area contributed by atoms with E-state index < -0.39 is 10.9 Å². The molecule has 0 unspecified atom stereocenters. The molecule has 5 heteroatoms. The Labute approximate surface area is 92.2 Å². The molecule has 0 heterocycles. The molecule has 1 rings (SSSR count). The molecule has 1 aromatic carbocycles. The van der Waals surface area contributed by atoms with Gasteiger partial charge in [-0.05, 0) is 37.1 Å². The Kier molecular flexibility index (Phi) is 3.40. The first-order valence-electron chi connectivity index (χ1n) is 4.58. The smallest absolute Gasteiger partial charge is 0.328 e. The van der Waals surface area contributed by atoms with E-state index in [1.54, 1.807) is 13.0 Å². The summed E-state index contributed by atoms with van der Waals surface area (Å²) < 4.78 is 0. The maximum Gasteiger partial charge on any atom is 0.328 e. The van der Waals surface area contributed by atoms with Crippen molar-refractivity contribution in [1.82, 2.24) is 0 Å². The Morgan fingerprint density at radius 3 is 2.44 bits per heavy atom. The van der Waals surface area contributed by atoms with Crippen LogP contribution in [0.5, 0.6) is 0 Å². The Bertz CT molecular complexity index is 477. The summed E-state index contributed by atoms with van der Waals surface area (Å²) in [6.45, 7) is 3.59. The lowest BCUT2D eigenvalue weighted by Gasteiger charge is -2.03. The van der Waals surface area contributed by atoms with E-state index >= 15 is 0 Å². The predicted octanol–water partition coefficient (Wildman–Crippen LogP) is 2.31. The van der Waals surface area contributed by atoms with Gasteiger partial charge in [-0.1, -0.05) is 0 Å². The summed E-state index contributed by atoms with van der Waals surface area (Å²) in [5.41, 5.74) is 1.91. The monoisotopic (exact) mass is 221 g/mol. The van der Waals surface area contributed by atoms with Gasteiger partial charge in [0, 0.05) is 12.1 Å². The molecule has 0 aromatic heterocycles. The van der Waals surface area contributed by atoms with Gasteiger partial charge in [-0.15, -0.1) is 0 Å². The molecular formula is C11H11NO4. The second-order valence-corrected chi connectivity index (χ2v) is 3.42. The summed E-state index contributed by atoms with van der Waals surface area (Å²) in [7, 11) is 0. The number of rotatable bonds is 3. The van der Waals surface area contributed by atoms with Crippen molar-refractivity contribution in [2.24, 2.45) is 0 Å². The quantitative estimate of drug-likeness (QED) is 0.482. The zero-order valence-electron chi connectivity index (χ0n) is 8.93. The molecule has 1 N–H and O–H groups in total. The van der Waals surface area contributed by atoms with Crippen LogP contribution >= 0.6 is 0 Å². The Morgan fingerprint density at radius 1 is 1.38 bits per heavy atom. The lowest BCUT2D eigenvalue weighted by molar-refractivity contribution is -0.385. The lowest BCUT2D eigenvalue weighted by Crippen LogP contribution is -1.95. The molecule has 84 valence electrons. The summed E-state index contributed by atoms with van der Waals surface area (Å²) in [6.07, 6.45) is 2.12. The van der Waals surface area contributed by atoms with E-state index in [2.05, 4.69) is 0 Å². The van der Waals surface area contributed by atoms with Crippen LogP contribution in [0.25, 0.3) is 6.08 Å². The van der Waals surface area contributed by atoms with Crippen LogP contribution in [-0.4, -0.2) is 16.0 Å². The first-order chi connectivity index (χ1) is 7.41. The van der Waals surface area contributed by atoms with Gasteiger partial charge in [-0.2, -0.15) is 0 Å². The highest BCUT2D eigenvalue weighted by atomic mass is 16.6. The highest BCUT2D eigenvalue weighted by Crippen LogP contribution is 2.24. The van der Waals surface area contributed by atoms with Crippen LogP contribution in [0.15, 0.2) is 18.2 Å². The summed E-state index contributed by atoms with van der Waals surface area (Å²) >= 11 is 0. The van der Waals surface area contributed by atoms with Crippen LogP contribution < -0.4 is 0 Å². The van der Waals surface area contributed by atoms with Crippen LogP contribution in [-0.2, 0) is 4.79 Å². The molecule has 5 nitrogen and oxygen atoms in total. The number of hydrogen-bond donors (Lipinski definition) is 1. The van der Waals surface area contributed by atoms with Gasteiger partial charge in [-0.3, -0.25) is 10.1 Å². The lowest BCUT2D eigenvalue weighted by atomic mass is 10.0. The number of carboxylic acid groups (broad SMARTS) is 1. The molecular weight excluding hydrogens is 210 g/mol. The van der Waals surface area contributed by atoms with Crippen LogP contribution in [0, 0.1) is 24.0 Å². The fourth-order valence-corrected chi connectivity index (χ4v) is 1.28. The van der Waals surface area contributed by atoms with Crippen molar-refractivity contribution < 1.29 is 14.8 Å². The standard InChI is InChI=1S/C11H11NO4/c1-7-5-9(3-4-11(13)14)10(12(15)16)6-8(7)2/h3-6H,1-2H3,(H,13,14)/b4-3+. The minimum Gasteiger partial charge on any atom is -0.478 e. The largest absolute Gasteiger partial charge is 0.478 e. The second-order valence-electron chi connectivity index (χ2n) is 3.42. The minimum atomic E-state index is -1.13. The molecule has 0 aliphatic carbocycles. The van der Waals surface area contributed by atoms with Crippen molar-refractivity contribution in [2.75, 3.05) is 0 Å². The van der Waals surface area contributed by atoms with Crippen LogP contribution in [0.4, 0.5) is 5.69 Å². The van der Waals surface area contributed by atoms with Crippen molar-refractivity contribution in [1.29, 1.82) is 0 Å². The molecule has 0 saturated carbocycles. The average molecular weight is 221 g/mol. The van der Waals surface area contributed by atoms with Gasteiger partial charge in [0.2, 0.25) is 0 Å². The zero-order valence-corrected chi connectivity index (χ0v) is 8.93. The molecule has 0 saturated heterocycles. The van der Waals surface area contributed by atoms with Crippen molar-refractivity contribution in [3.05, 3.63) is 45.0 Å². The molecule has 0 aliphatic rings. The number of aliphatic carboxylic acids is 1. The number of carbonyl (C=O) groups is 1. The number of nitro benzene ring substituents is 1. The number of carboxylic acids is 1. The third kappa shape index (κ3) is 2.66. The Hall–Kier alpha value is -2.17. The van der Waals surface area contributed by atoms with Crippen LogP contribution in [0.1, 0.15) is 16.7 Å². The molecule has 0 aliphatic heterocycles. The minimum absolute atomic E-state index is 0.0828. The van der Waals surface area contributed by atoms with E-state index in [4.69, 9.17) is 5.11 Å². The van der Waals surface area contributed by atoms with Crippen LogP contribution in [0.2, 0.25) is 0 Å². The van der Waals surface area contributed by atoms with E-state index in [1.807, 2.05) is 6.92 Å². The number of benzene rings is 1. The molecule has 0 atom stereocenters. The second kappa shape index (κ2) is 4.57. The van der Waals surface area contributed by atoms with Gasteiger partial charge in [0.05, 0.1) is 10.5 Å². The zero-order chi connectivity index (χ0) is 12.3. The number of hydrogen-bond acceptors (Lipinski definition) is 3. The Balaban J connectivity index is 3.30. The maximum absolute atomic E-state index is 10.8. The first kappa shape index (κ1) is 11.9. The van der Waals surface area contributed by atoms with E-state index in [1.165, 1.54) is 12.1 Å². The number of nitrogens with zero attached hydrogens (tertiary/aromatic N) is 1. The summed E-state index contributed by atoms with van der Waals surface area (Å²) in [5.74, 6) is -1.13. The third-order valence-electron chi connectivity index (χ3n) is 2.25. The van der Waals surface area contributed by atoms with Gasteiger partial charge in [0.25, 0.3) is 5.69 Å². The first-order valence-corrected chi connectivity index (χ1v) is 4.58. The number of nitro groups is 1. The highest BCUT2D eigenvalue weighted by molar-refractivity contribution is 5.86. The third-order valence-corrected chi connectivity index (χ3v) is 2.25. The van der Waals surface area contributed by atoms with Crippen LogP contribution in [0.3, 0.4) is 0 Å². The molecule has 0 spiro atoms. The molecule has 0 radical (unpaired) electrons. The summed E-state index contributed by atoms with van der Waals surface area (Å²) in [6, 6.07) is 3.05. The predicted molar refractivity (Wildman–Crippen MR) is 59.2 cm³/mol. The maximum atomic E-state index is 10.8. The van der Waals surface area contributed by atoms with E-state index in [9.17, 15) is 14.9 Å². The number of aryl methyl sites for hydroxylation is 2. The SMILES string of the molecule is Cc1cc(/C=C/C(=O)O)c([N+](=O)[O-])cc1C. The van der Waals surface area contributed by atoms with Crippen molar-refractivity contribution >= 4 is 17.7 Å².